The Morgan fingerprint density at radius 2 is 2.00 bits per heavy atom. The molecule has 1 heterocycles. The molecule has 2 rings (SSSR count). The van der Waals surface area contributed by atoms with Gasteiger partial charge in [0, 0.05) is 16.6 Å². The summed E-state index contributed by atoms with van der Waals surface area (Å²) >= 11 is 0. The van der Waals surface area contributed by atoms with Crippen molar-refractivity contribution < 1.29 is 4.74 Å². The quantitative estimate of drug-likeness (QED) is 0.811. The van der Waals surface area contributed by atoms with Crippen molar-refractivity contribution in [3.05, 3.63) is 29.5 Å². The Hall–Kier alpha value is -1.95. The lowest BCUT2D eigenvalue weighted by molar-refractivity contribution is 0.130. The smallest absolute Gasteiger partial charge is 0.138 e. The summed E-state index contributed by atoms with van der Waals surface area (Å²) in [5.74, 6) is 0.645. The fourth-order valence-corrected chi connectivity index (χ4v) is 1.85. The van der Waals surface area contributed by atoms with Gasteiger partial charge in [-0.1, -0.05) is 0 Å². The van der Waals surface area contributed by atoms with Gasteiger partial charge in [-0.15, -0.1) is 0 Å². The fraction of sp³-hybridized carbons (Fsp3) is 0.357. The molecule has 3 nitrogen and oxygen atoms in total. The first-order chi connectivity index (χ1) is 7.90. The van der Waals surface area contributed by atoms with Crippen molar-refractivity contribution in [2.45, 2.75) is 33.3 Å². The van der Waals surface area contributed by atoms with Crippen molar-refractivity contribution in [3.8, 4) is 11.8 Å². The molecule has 0 atom stereocenters. The summed E-state index contributed by atoms with van der Waals surface area (Å²) < 4.78 is 5.80. The van der Waals surface area contributed by atoms with Crippen LogP contribution in [-0.2, 0) is 0 Å². The predicted molar refractivity (Wildman–Crippen MR) is 68.1 cm³/mol. The first-order valence-corrected chi connectivity index (χ1v) is 5.62. The van der Waals surface area contributed by atoms with E-state index in [2.05, 4.69) is 11.1 Å². The van der Waals surface area contributed by atoms with Crippen LogP contribution < -0.4 is 4.74 Å². The molecule has 0 bridgehead atoms. The minimum atomic E-state index is -0.301. The number of hydrogen-bond acceptors (Lipinski definition) is 2. The van der Waals surface area contributed by atoms with Crippen molar-refractivity contribution in [1.29, 1.82) is 5.26 Å². The van der Waals surface area contributed by atoms with E-state index in [4.69, 9.17) is 4.74 Å². The third-order valence-corrected chi connectivity index (χ3v) is 2.43. The zero-order valence-corrected chi connectivity index (χ0v) is 10.6. The van der Waals surface area contributed by atoms with Crippen LogP contribution in [0, 0.1) is 18.3 Å². The third kappa shape index (κ3) is 2.26. The molecule has 0 saturated heterocycles. The lowest BCUT2D eigenvalue weighted by atomic mass is 10.1. The second kappa shape index (κ2) is 3.81. The Balaban J connectivity index is 2.61. The number of nitrogens with one attached hydrogen (secondary N) is 1. The number of nitriles is 1. The lowest BCUT2D eigenvalue weighted by Crippen LogP contribution is -2.23. The summed E-state index contributed by atoms with van der Waals surface area (Å²) in [6.07, 6.45) is 0. The SMILES string of the molecule is Cc1cc2c(C#N)c(OC(C)(C)C)ccc2[nH]1. The molecule has 0 unspecified atom stereocenters. The molecule has 0 amide bonds. The molecule has 0 radical (unpaired) electrons. The van der Waals surface area contributed by atoms with Gasteiger partial charge in [0.2, 0.25) is 0 Å². The van der Waals surface area contributed by atoms with Crippen LogP contribution >= 0.6 is 0 Å². The number of ether oxygens (including phenoxy) is 1. The van der Waals surface area contributed by atoms with Crippen LogP contribution in [-0.4, -0.2) is 10.6 Å². The summed E-state index contributed by atoms with van der Waals surface area (Å²) in [7, 11) is 0. The van der Waals surface area contributed by atoms with E-state index in [9.17, 15) is 5.26 Å². The van der Waals surface area contributed by atoms with E-state index in [0.29, 0.717) is 11.3 Å². The third-order valence-electron chi connectivity index (χ3n) is 2.43. The molecule has 0 fully saturated rings. The van der Waals surface area contributed by atoms with Crippen LogP contribution in [0.25, 0.3) is 10.9 Å². The first kappa shape index (κ1) is 11.5. The molecule has 1 aromatic heterocycles. The van der Waals surface area contributed by atoms with Gasteiger partial charge < -0.3 is 9.72 Å². The number of rotatable bonds is 1. The van der Waals surface area contributed by atoms with Crippen LogP contribution in [0.1, 0.15) is 32.0 Å². The van der Waals surface area contributed by atoms with Gasteiger partial charge in [-0.2, -0.15) is 5.26 Å². The Kier molecular flexibility index (Phi) is 2.59. The molecule has 0 saturated carbocycles. The number of H-pyrrole nitrogens is 1. The molecule has 0 aliphatic rings. The van der Waals surface area contributed by atoms with Crippen LogP contribution in [0.4, 0.5) is 0 Å². The number of fused-ring (bicyclic) bond motifs is 1. The second-order valence-corrected chi connectivity index (χ2v) is 5.18. The van der Waals surface area contributed by atoms with Crippen molar-refractivity contribution in [3.63, 3.8) is 0 Å². The second-order valence-electron chi connectivity index (χ2n) is 5.18. The number of benzene rings is 1. The minimum absolute atomic E-state index is 0.301. The maximum atomic E-state index is 9.28. The predicted octanol–water partition coefficient (Wildman–Crippen LogP) is 3.53. The Bertz CT molecular complexity index is 597. The fourth-order valence-electron chi connectivity index (χ4n) is 1.85. The van der Waals surface area contributed by atoms with Gasteiger partial charge in [-0.05, 0) is 45.9 Å². The number of hydrogen-bond donors (Lipinski definition) is 1. The number of nitrogens with zero attached hydrogens (tertiary/aromatic N) is 1. The van der Waals surface area contributed by atoms with E-state index in [0.717, 1.165) is 16.6 Å². The van der Waals surface area contributed by atoms with Gasteiger partial charge in [0.15, 0.2) is 0 Å². The van der Waals surface area contributed by atoms with E-state index >= 15 is 0 Å². The molecule has 88 valence electrons. The molecular formula is C14H16N2O. The maximum Gasteiger partial charge on any atom is 0.138 e. The summed E-state index contributed by atoms with van der Waals surface area (Å²) in [6, 6.07) is 8.00. The highest BCUT2D eigenvalue weighted by Crippen LogP contribution is 2.30. The van der Waals surface area contributed by atoms with Crippen molar-refractivity contribution >= 4 is 10.9 Å². The normalized spacial score (nSPS) is 11.5. The average Bonchev–Trinajstić information content (AvgIpc) is 2.56. The number of aromatic amines is 1. The van der Waals surface area contributed by atoms with Gasteiger partial charge in [-0.3, -0.25) is 0 Å². The lowest BCUT2D eigenvalue weighted by Gasteiger charge is -2.22. The van der Waals surface area contributed by atoms with E-state index < -0.39 is 0 Å². The van der Waals surface area contributed by atoms with Gasteiger partial charge in [0.05, 0.1) is 0 Å². The molecule has 1 N–H and O–H groups in total. The van der Waals surface area contributed by atoms with Gasteiger partial charge in [0.25, 0.3) is 0 Å². The minimum Gasteiger partial charge on any atom is -0.487 e. The van der Waals surface area contributed by atoms with Gasteiger partial charge >= 0.3 is 0 Å². The van der Waals surface area contributed by atoms with E-state index in [-0.39, 0.29) is 5.60 Å². The molecule has 0 spiro atoms. The summed E-state index contributed by atoms with van der Waals surface area (Å²) in [4.78, 5) is 3.22. The monoisotopic (exact) mass is 228 g/mol. The van der Waals surface area contributed by atoms with Gasteiger partial charge in [0.1, 0.15) is 23.0 Å². The average molecular weight is 228 g/mol. The Morgan fingerprint density at radius 1 is 1.29 bits per heavy atom. The highest BCUT2D eigenvalue weighted by Gasteiger charge is 2.17. The van der Waals surface area contributed by atoms with Crippen molar-refractivity contribution in [2.75, 3.05) is 0 Å². The Morgan fingerprint density at radius 3 is 2.59 bits per heavy atom. The molecule has 0 aliphatic heterocycles. The highest BCUT2D eigenvalue weighted by atomic mass is 16.5. The summed E-state index contributed by atoms with van der Waals surface area (Å²) in [5.41, 5.74) is 2.32. The standard InChI is InChI=1S/C14H16N2O/c1-9-7-10-11(8-15)13(17-14(2,3)4)6-5-12(10)16-9/h5-7,16H,1-4H3. The number of aromatic nitrogens is 1. The van der Waals surface area contributed by atoms with Crippen LogP contribution in [0.5, 0.6) is 5.75 Å². The van der Waals surface area contributed by atoms with E-state index in [1.807, 2.05) is 45.9 Å². The van der Waals surface area contributed by atoms with Crippen molar-refractivity contribution in [1.82, 2.24) is 4.98 Å². The summed E-state index contributed by atoms with van der Waals surface area (Å²) in [6.45, 7) is 7.90. The zero-order valence-electron chi connectivity index (χ0n) is 10.6. The molecular weight excluding hydrogens is 212 g/mol. The molecule has 0 aliphatic carbocycles. The van der Waals surface area contributed by atoms with Crippen LogP contribution in [0.3, 0.4) is 0 Å². The number of aryl methyl sites for hydroxylation is 1. The molecule has 3 heteroatoms. The zero-order chi connectivity index (χ0) is 12.6. The van der Waals surface area contributed by atoms with Crippen molar-refractivity contribution in [2.24, 2.45) is 0 Å². The maximum absolute atomic E-state index is 9.28. The summed E-state index contributed by atoms with van der Waals surface area (Å²) in [5, 5.41) is 10.2. The first-order valence-electron chi connectivity index (χ1n) is 5.62. The largest absolute Gasteiger partial charge is 0.487 e. The van der Waals surface area contributed by atoms with E-state index in [1.165, 1.54) is 0 Å². The van der Waals surface area contributed by atoms with E-state index in [1.54, 1.807) is 0 Å². The van der Waals surface area contributed by atoms with Crippen LogP contribution in [0.15, 0.2) is 18.2 Å². The topological polar surface area (TPSA) is 48.8 Å². The Labute approximate surface area is 101 Å². The van der Waals surface area contributed by atoms with Crippen LogP contribution in [0.2, 0.25) is 0 Å². The highest BCUT2D eigenvalue weighted by molar-refractivity contribution is 5.88. The molecule has 2 aromatic rings. The molecule has 1 aromatic carbocycles. The van der Waals surface area contributed by atoms with Gasteiger partial charge in [-0.25, -0.2) is 0 Å². The molecule has 17 heavy (non-hydrogen) atoms.